The minimum atomic E-state index is -1.64. The van der Waals surface area contributed by atoms with E-state index in [4.69, 9.17) is 9.47 Å². The van der Waals surface area contributed by atoms with Crippen molar-refractivity contribution in [2.45, 2.75) is 29.7 Å². The fourth-order valence-corrected chi connectivity index (χ4v) is 3.91. The van der Waals surface area contributed by atoms with Crippen LogP contribution in [-0.2, 0) is 24.8 Å². The number of carboxylic acid groups (broad SMARTS) is 2. The predicted octanol–water partition coefficient (Wildman–Crippen LogP) is 3.20. The summed E-state index contributed by atoms with van der Waals surface area (Å²) in [6, 6.07) is 8.26. The highest BCUT2D eigenvalue weighted by atomic mass is 79.9. The number of phenols is 1. The van der Waals surface area contributed by atoms with Gasteiger partial charge in [-0.2, -0.15) is 0 Å². The molecule has 1 aliphatic rings. The van der Waals surface area contributed by atoms with Crippen LogP contribution in [0.4, 0.5) is 0 Å². The maximum Gasteiger partial charge on any atom is 0.336 e. The molecular formula is C17H14Br2O7. The molecule has 3 N–H and O–H groups in total. The molecule has 2 aromatic rings. The van der Waals surface area contributed by atoms with Gasteiger partial charge in [0.25, 0.3) is 0 Å². The van der Waals surface area contributed by atoms with E-state index in [0.29, 0.717) is 10.0 Å². The molecule has 0 radical (unpaired) electrons. The number of halogens is 2. The summed E-state index contributed by atoms with van der Waals surface area (Å²) in [4.78, 5) is 22.3. The first-order valence-corrected chi connectivity index (χ1v) is 9.25. The van der Waals surface area contributed by atoms with E-state index < -0.39 is 34.8 Å². The highest BCUT2D eigenvalue weighted by Gasteiger charge is 2.57. The van der Waals surface area contributed by atoms with Gasteiger partial charge in [-0.15, -0.1) is 0 Å². The van der Waals surface area contributed by atoms with Gasteiger partial charge in [0, 0.05) is 5.56 Å². The molecule has 1 fully saturated rings. The Morgan fingerprint density at radius 1 is 1.12 bits per heavy atom. The monoisotopic (exact) mass is 488 g/mol. The zero-order valence-electron chi connectivity index (χ0n) is 13.3. The van der Waals surface area contributed by atoms with Crippen LogP contribution in [0.1, 0.15) is 12.5 Å². The molecule has 1 saturated heterocycles. The molecule has 0 aromatic heterocycles. The molecule has 0 amide bonds. The van der Waals surface area contributed by atoms with Crippen LogP contribution in [-0.4, -0.2) is 44.3 Å². The van der Waals surface area contributed by atoms with Crippen LogP contribution < -0.4 is 0 Å². The van der Waals surface area contributed by atoms with E-state index in [1.54, 1.807) is 31.2 Å². The predicted molar refractivity (Wildman–Crippen MR) is 98.4 cm³/mol. The van der Waals surface area contributed by atoms with Gasteiger partial charge in [-0.3, -0.25) is 0 Å². The standard InChI is InChI=1S/C17H14Br2O7/c1-7(18)17(25-13(15(21)22)14(26-17)16(23)24)9-3-4-10-8(6-9)2-5-11(20)12(10)19/h2-7,13-14,20H,1H3,(H,21,22)(H,23,24)/t7?,13-,14-/m1/s1. The maximum absolute atomic E-state index is 11.4. The number of carbonyl (C=O) groups is 2. The van der Waals surface area contributed by atoms with Crippen molar-refractivity contribution in [3.8, 4) is 5.75 Å². The third-order valence-corrected chi connectivity index (χ3v) is 5.66. The minimum Gasteiger partial charge on any atom is -0.507 e. The lowest BCUT2D eigenvalue weighted by molar-refractivity contribution is -0.191. The first kappa shape index (κ1) is 19.1. The number of hydrogen-bond acceptors (Lipinski definition) is 5. The number of aliphatic carboxylic acids is 2. The second kappa shape index (κ2) is 6.80. The molecule has 9 heteroatoms. The SMILES string of the molecule is CC(Br)C1(c2ccc3c(Br)c(O)ccc3c2)O[C@@H](C(=O)O)[C@H](C(=O)O)O1. The average Bonchev–Trinajstić information content (AvgIpc) is 3.01. The van der Waals surface area contributed by atoms with E-state index in [1.165, 1.54) is 6.07 Å². The lowest BCUT2D eigenvalue weighted by Crippen LogP contribution is -2.37. The Hall–Kier alpha value is -1.68. The number of carboxylic acids is 2. The van der Waals surface area contributed by atoms with Gasteiger partial charge in [0.15, 0.2) is 12.2 Å². The fourth-order valence-electron chi connectivity index (χ4n) is 2.94. The molecule has 26 heavy (non-hydrogen) atoms. The normalized spacial score (nSPS) is 23.0. The van der Waals surface area contributed by atoms with Crippen LogP contribution in [0.3, 0.4) is 0 Å². The molecule has 2 aromatic carbocycles. The van der Waals surface area contributed by atoms with Gasteiger partial charge in [-0.25, -0.2) is 9.59 Å². The third-order valence-electron chi connectivity index (χ3n) is 4.23. The first-order chi connectivity index (χ1) is 12.2. The van der Waals surface area contributed by atoms with Gasteiger partial charge in [0.1, 0.15) is 5.75 Å². The molecule has 0 spiro atoms. The lowest BCUT2D eigenvalue weighted by atomic mass is 9.99. The Kier molecular flexibility index (Phi) is 5.00. The minimum absolute atomic E-state index is 0.0825. The Morgan fingerprint density at radius 3 is 2.19 bits per heavy atom. The second-order valence-corrected chi connectivity index (χ2v) is 8.04. The maximum atomic E-state index is 11.4. The van der Waals surface area contributed by atoms with Crippen LogP contribution in [0.25, 0.3) is 10.8 Å². The van der Waals surface area contributed by atoms with Crippen LogP contribution in [0.5, 0.6) is 5.75 Å². The van der Waals surface area contributed by atoms with Crippen molar-refractivity contribution in [3.05, 3.63) is 40.4 Å². The molecule has 3 rings (SSSR count). The lowest BCUT2D eigenvalue weighted by Gasteiger charge is -2.31. The van der Waals surface area contributed by atoms with Gasteiger partial charge in [0.05, 0.1) is 9.30 Å². The van der Waals surface area contributed by atoms with Gasteiger partial charge >= 0.3 is 11.9 Å². The summed E-state index contributed by atoms with van der Waals surface area (Å²) in [6.07, 6.45) is -3.29. The van der Waals surface area contributed by atoms with E-state index in [0.717, 1.165) is 10.8 Å². The van der Waals surface area contributed by atoms with E-state index in [9.17, 15) is 24.9 Å². The van der Waals surface area contributed by atoms with Crippen molar-refractivity contribution in [1.29, 1.82) is 0 Å². The Morgan fingerprint density at radius 2 is 1.69 bits per heavy atom. The van der Waals surface area contributed by atoms with E-state index in [2.05, 4.69) is 31.9 Å². The van der Waals surface area contributed by atoms with E-state index >= 15 is 0 Å². The van der Waals surface area contributed by atoms with Crippen LogP contribution in [0.2, 0.25) is 0 Å². The second-order valence-electron chi connectivity index (χ2n) is 5.87. The molecule has 0 bridgehead atoms. The number of phenolic OH excluding ortho intramolecular Hbond substituents is 1. The number of ether oxygens (including phenoxy) is 2. The van der Waals surface area contributed by atoms with Crippen molar-refractivity contribution in [3.63, 3.8) is 0 Å². The van der Waals surface area contributed by atoms with Crippen LogP contribution in [0.15, 0.2) is 34.8 Å². The molecule has 1 aliphatic heterocycles. The third kappa shape index (κ3) is 2.98. The highest BCUT2D eigenvalue weighted by molar-refractivity contribution is 9.10. The van der Waals surface area contributed by atoms with Crippen molar-refractivity contribution in [1.82, 2.24) is 0 Å². The van der Waals surface area contributed by atoms with E-state index in [1.807, 2.05) is 0 Å². The molecule has 0 saturated carbocycles. The van der Waals surface area contributed by atoms with Crippen molar-refractivity contribution in [2.75, 3.05) is 0 Å². The largest absolute Gasteiger partial charge is 0.507 e. The Labute approximate surface area is 164 Å². The molecule has 1 heterocycles. The molecule has 1 unspecified atom stereocenters. The summed E-state index contributed by atoms with van der Waals surface area (Å²) < 4.78 is 11.8. The van der Waals surface area contributed by atoms with Crippen molar-refractivity contribution in [2.24, 2.45) is 0 Å². The Balaban J connectivity index is 2.14. The number of fused-ring (bicyclic) bond motifs is 1. The summed E-state index contributed by atoms with van der Waals surface area (Å²) in [5, 5.41) is 29.9. The average molecular weight is 490 g/mol. The zero-order chi connectivity index (χ0) is 19.2. The number of rotatable bonds is 4. The molecule has 7 nitrogen and oxygen atoms in total. The van der Waals surface area contributed by atoms with Gasteiger partial charge < -0.3 is 24.8 Å². The van der Waals surface area contributed by atoms with Crippen molar-refractivity contribution >= 4 is 54.6 Å². The Bertz CT molecular complexity index is 874. The zero-order valence-corrected chi connectivity index (χ0v) is 16.5. The highest BCUT2D eigenvalue weighted by Crippen LogP contribution is 2.45. The first-order valence-electron chi connectivity index (χ1n) is 7.54. The smallest absolute Gasteiger partial charge is 0.336 e. The number of benzene rings is 2. The quantitative estimate of drug-likeness (QED) is 0.565. The fraction of sp³-hybridized carbons (Fsp3) is 0.294. The van der Waals surface area contributed by atoms with Gasteiger partial charge in [0.2, 0.25) is 5.79 Å². The number of aromatic hydroxyl groups is 1. The summed E-state index contributed by atoms with van der Waals surface area (Å²) in [5.74, 6) is -4.34. The number of alkyl halides is 1. The summed E-state index contributed by atoms with van der Waals surface area (Å²) in [5.41, 5.74) is 0.460. The molecule has 138 valence electrons. The van der Waals surface area contributed by atoms with Gasteiger partial charge in [-0.05, 0) is 45.8 Å². The van der Waals surface area contributed by atoms with E-state index in [-0.39, 0.29) is 5.75 Å². The van der Waals surface area contributed by atoms with Crippen molar-refractivity contribution < 1.29 is 34.4 Å². The summed E-state index contributed by atoms with van der Waals surface area (Å²) >= 11 is 6.66. The molecular weight excluding hydrogens is 476 g/mol. The topological polar surface area (TPSA) is 113 Å². The van der Waals surface area contributed by atoms with Crippen LogP contribution >= 0.6 is 31.9 Å². The number of hydrogen-bond donors (Lipinski definition) is 3. The molecule has 3 atom stereocenters. The van der Waals surface area contributed by atoms with Gasteiger partial charge in [-0.1, -0.05) is 34.1 Å². The van der Waals surface area contributed by atoms with Crippen LogP contribution in [0, 0.1) is 0 Å². The summed E-state index contributed by atoms with van der Waals surface area (Å²) in [7, 11) is 0. The molecule has 0 aliphatic carbocycles. The summed E-state index contributed by atoms with van der Waals surface area (Å²) in [6.45, 7) is 1.68.